The molecule has 0 aromatic heterocycles. The molecule has 0 bridgehead atoms. The maximum Gasteiger partial charge on any atom is 0.137 e. The first-order chi connectivity index (χ1) is 9.56. The summed E-state index contributed by atoms with van der Waals surface area (Å²) in [5, 5.41) is 11.1. The highest BCUT2D eigenvalue weighted by Crippen LogP contribution is 2.34. The molecule has 106 valence electrons. The second kappa shape index (κ2) is 6.16. The van der Waals surface area contributed by atoms with E-state index in [-0.39, 0.29) is 0 Å². The fraction of sp³-hybridized carbons (Fsp3) is 0.250. The van der Waals surface area contributed by atoms with Gasteiger partial charge in [0, 0.05) is 5.56 Å². The maximum absolute atomic E-state index is 10.6. The molecule has 1 N–H and O–H groups in total. The Morgan fingerprint density at radius 2 is 1.70 bits per heavy atom. The van der Waals surface area contributed by atoms with Gasteiger partial charge in [0.15, 0.2) is 0 Å². The zero-order valence-corrected chi connectivity index (χ0v) is 12.4. The summed E-state index contributed by atoms with van der Waals surface area (Å²) >= 11 is 6.00. The average Bonchev–Trinajstić information content (AvgIpc) is 2.47. The molecular weight excluding hydrogens is 276 g/mol. The number of hydrogen-bond acceptors (Lipinski definition) is 3. The van der Waals surface area contributed by atoms with E-state index in [1.807, 2.05) is 25.1 Å². The first kappa shape index (κ1) is 14.7. The summed E-state index contributed by atoms with van der Waals surface area (Å²) in [5.74, 6) is 1.19. The van der Waals surface area contributed by atoms with Crippen LogP contribution in [-0.4, -0.2) is 19.3 Å². The van der Waals surface area contributed by atoms with Gasteiger partial charge in [-0.05, 0) is 36.8 Å². The second-order valence-electron chi connectivity index (χ2n) is 4.54. The van der Waals surface area contributed by atoms with E-state index in [1.54, 1.807) is 32.4 Å². The molecule has 2 rings (SSSR count). The number of aryl methyl sites for hydroxylation is 1. The van der Waals surface area contributed by atoms with E-state index >= 15 is 0 Å². The van der Waals surface area contributed by atoms with Crippen molar-refractivity contribution in [1.29, 1.82) is 0 Å². The Balaban J connectivity index is 2.45. The van der Waals surface area contributed by atoms with Crippen LogP contribution in [0, 0.1) is 6.92 Å². The molecule has 2 aromatic rings. The van der Waals surface area contributed by atoms with Gasteiger partial charge < -0.3 is 14.6 Å². The summed E-state index contributed by atoms with van der Waals surface area (Å²) in [6.45, 7) is 1.97. The average molecular weight is 293 g/mol. The van der Waals surface area contributed by atoms with Crippen molar-refractivity contribution in [3.63, 3.8) is 0 Å². The molecule has 0 aliphatic heterocycles. The highest BCUT2D eigenvalue weighted by Gasteiger charge is 2.17. The molecule has 0 amide bonds. The predicted molar refractivity (Wildman–Crippen MR) is 79.8 cm³/mol. The minimum absolute atomic E-state index is 0.514. The van der Waals surface area contributed by atoms with E-state index in [9.17, 15) is 5.11 Å². The Morgan fingerprint density at radius 1 is 1.00 bits per heavy atom. The summed E-state index contributed by atoms with van der Waals surface area (Å²) in [7, 11) is 3.13. The predicted octanol–water partition coefficient (Wildman–Crippen LogP) is 3.75. The van der Waals surface area contributed by atoms with Crippen LogP contribution in [0.1, 0.15) is 22.8 Å². The lowest BCUT2D eigenvalue weighted by Crippen LogP contribution is -2.03. The van der Waals surface area contributed by atoms with Crippen molar-refractivity contribution in [3.05, 3.63) is 58.1 Å². The molecule has 0 spiro atoms. The van der Waals surface area contributed by atoms with Crippen LogP contribution in [0.2, 0.25) is 5.02 Å². The first-order valence-electron chi connectivity index (χ1n) is 6.23. The Hall–Kier alpha value is -1.71. The molecule has 2 aromatic carbocycles. The quantitative estimate of drug-likeness (QED) is 0.933. The number of rotatable bonds is 4. The fourth-order valence-electron chi connectivity index (χ4n) is 2.09. The summed E-state index contributed by atoms with van der Waals surface area (Å²) in [4.78, 5) is 0. The molecule has 0 radical (unpaired) electrons. The van der Waals surface area contributed by atoms with Gasteiger partial charge in [-0.1, -0.05) is 29.3 Å². The van der Waals surface area contributed by atoms with Gasteiger partial charge in [-0.25, -0.2) is 0 Å². The lowest BCUT2D eigenvalue weighted by atomic mass is 9.99. The Bertz CT molecular complexity index is 611. The van der Waals surface area contributed by atoms with Gasteiger partial charge in [-0.2, -0.15) is 0 Å². The third-order valence-corrected chi connectivity index (χ3v) is 3.48. The van der Waals surface area contributed by atoms with E-state index in [1.165, 1.54) is 0 Å². The Labute approximate surface area is 123 Å². The van der Waals surface area contributed by atoms with Crippen LogP contribution in [0.5, 0.6) is 11.5 Å². The fourth-order valence-corrected chi connectivity index (χ4v) is 2.29. The smallest absolute Gasteiger partial charge is 0.137 e. The van der Waals surface area contributed by atoms with Gasteiger partial charge in [0.2, 0.25) is 0 Å². The van der Waals surface area contributed by atoms with Crippen molar-refractivity contribution < 1.29 is 14.6 Å². The number of benzene rings is 2. The van der Waals surface area contributed by atoms with Crippen LogP contribution in [-0.2, 0) is 0 Å². The molecule has 0 aliphatic rings. The van der Waals surface area contributed by atoms with Crippen LogP contribution < -0.4 is 9.47 Å². The molecule has 0 aliphatic carbocycles. The number of ether oxygens (including phenoxy) is 2. The van der Waals surface area contributed by atoms with E-state index in [4.69, 9.17) is 21.1 Å². The molecule has 4 heteroatoms. The largest absolute Gasteiger partial charge is 0.496 e. The number of aliphatic hydroxyl groups excluding tert-OH is 1. The minimum atomic E-state index is -0.795. The zero-order valence-electron chi connectivity index (χ0n) is 11.7. The first-order valence-corrected chi connectivity index (χ1v) is 6.60. The highest BCUT2D eigenvalue weighted by molar-refractivity contribution is 6.32. The molecule has 1 unspecified atom stereocenters. The number of aliphatic hydroxyl groups is 1. The summed E-state index contributed by atoms with van der Waals surface area (Å²) in [5.41, 5.74) is 2.48. The van der Waals surface area contributed by atoms with E-state index in [2.05, 4.69) is 0 Å². The normalized spacial score (nSPS) is 12.1. The summed E-state index contributed by atoms with van der Waals surface area (Å²) < 4.78 is 10.5. The lowest BCUT2D eigenvalue weighted by Gasteiger charge is -2.17. The van der Waals surface area contributed by atoms with Gasteiger partial charge in [0.1, 0.15) is 17.6 Å². The van der Waals surface area contributed by atoms with Crippen molar-refractivity contribution in [2.45, 2.75) is 13.0 Å². The van der Waals surface area contributed by atoms with E-state index in [0.717, 1.165) is 11.1 Å². The van der Waals surface area contributed by atoms with Crippen LogP contribution in [0.15, 0.2) is 36.4 Å². The van der Waals surface area contributed by atoms with Crippen molar-refractivity contribution in [2.75, 3.05) is 14.2 Å². The number of halogens is 1. The molecule has 0 fully saturated rings. The molecule has 3 nitrogen and oxygen atoms in total. The highest BCUT2D eigenvalue weighted by atomic mass is 35.5. The van der Waals surface area contributed by atoms with Crippen molar-refractivity contribution >= 4 is 11.6 Å². The van der Waals surface area contributed by atoms with E-state index < -0.39 is 6.10 Å². The molecule has 0 saturated carbocycles. The van der Waals surface area contributed by atoms with Gasteiger partial charge >= 0.3 is 0 Å². The van der Waals surface area contributed by atoms with Gasteiger partial charge in [0.05, 0.1) is 19.2 Å². The Kier molecular flexibility index (Phi) is 4.53. The van der Waals surface area contributed by atoms with Crippen LogP contribution in [0.3, 0.4) is 0 Å². The van der Waals surface area contributed by atoms with Crippen LogP contribution >= 0.6 is 11.6 Å². The summed E-state index contributed by atoms with van der Waals surface area (Å²) in [6.07, 6.45) is -0.795. The van der Waals surface area contributed by atoms with Crippen molar-refractivity contribution in [2.24, 2.45) is 0 Å². The summed E-state index contributed by atoms with van der Waals surface area (Å²) in [6, 6.07) is 10.9. The molecule has 1 atom stereocenters. The van der Waals surface area contributed by atoms with Gasteiger partial charge in [-0.3, -0.25) is 0 Å². The zero-order chi connectivity index (χ0) is 14.7. The third kappa shape index (κ3) is 2.89. The van der Waals surface area contributed by atoms with Gasteiger partial charge in [0.25, 0.3) is 0 Å². The lowest BCUT2D eigenvalue weighted by molar-refractivity contribution is 0.214. The third-order valence-electron chi connectivity index (χ3n) is 3.17. The van der Waals surface area contributed by atoms with E-state index in [0.29, 0.717) is 22.1 Å². The van der Waals surface area contributed by atoms with Crippen molar-refractivity contribution in [1.82, 2.24) is 0 Å². The van der Waals surface area contributed by atoms with Crippen LogP contribution in [0.25, 0.3) is 0 Å². The molecule has 0 saturated heterocycles. The molecule has 0 heterocycles. The van der Waals surface area contributed by atoms with Crippen molar-refractivity contribution in [3.8, 4) is 11.5 Å². The molecular formula is C16H17ClO3. The monoisotopic (exact) mass is 292 g/mol. The topological polar surface area (TPSA) is 38.7 Å². The SMILES string of the molecule is COc1cc(C(O)c2cc(C)ccc2OC)ccc1Cl. The maximum atomic E-state index is 10.6. The Morgan fingerprint density at radius 3 is 2.35 bits per heavy atom. The number of hydrogen-bond donors (Lipinski definition) is 1. The van der Waals surface area contributed by atoms with Crippen LogP contribution in [0.4, 0.5) is 0 Å². The van der Waals surface area contributed by atoms with Gasteiger partial charge in [-0.15, -0.1) is 0 Å². The minimum Gasteiger partial charge on any atom is -0.496 e. The second-order valence-corrected chi connectivity index (χ2v) is 4.95. The standard InChI is InChI=1S/C16H17ClO3/c1-10-4-7-14(19-2)12(8-10)16(18)11-5-6-13(17)15(9-11)20-3/h4-9,16,18H,1-3H3. The number of methoxy groups -OCH3 is 2. The molecule has 20 heavy (non-hydrogen) atoms.